The molecule has 0 bridgehead atoms. The minimum Gasteiger partial charge on any atom is -0.369 e. The van der Waals surface area contributed by atoms with Crippen LogP contribution in [0, 0.1) is 0 Å². The van der Waals surface area contributed by atoms with Crippen molar-refractivity contribution in [3.05, 3.63) is 45.8 Å². The number of anilines is 1. The van der Waals surface area contributed by atoms with Crippen LogP contribution in [0.15, 0.2) is 40.6 Å². The number of nitrogens with zero attached hydrogens (tertiary/aromatic N) is 2. The van der Waals surface area contributed by atoms with Crippen LogP contribution in [0.1, 0.15) is 0 Å². The van der Waals surface area contributed by atoms with Gasteiger partial charge in [0.15, 0.2) is 0 Å². The first-order valence-electron chi connectivity index (χ1n) is 7.92. The van der Waals surface area contributed by atoms with Crippen molar-refractivity contribution >= 4 is 50.2 Å². The second kappa shape index (κ2) is 8.24. The van der Waals surface area contributed by atoms with E-state index >= 15 is 0 Å². The minimum absolute atomic E-state index is 0.255. The van der Waals surface area contributed by atoms with Gasteiger partial charge >= 0.3 is 0 Å². The van der Waals surface area contributed by atoms with Gasteiger partial charge in [-0.2, -0.15) is 0 Å². The van der Waals surface area contributed by atoms with Crippen molar-refractivity contribution in [2.24, 2.45) is 0 Å². The molecule has 1 aromatic heterocycles. The molecule has 1 aliphatic heterocycles. The molecule has 0 amide bonds. The molecule has 2 heterocycles. The Morgan fingerprint density at radius 3 is 2.28 bits per heavy atom. The average Bonchev–Trinajstić information content (AvgIpc) is 3.04. The minimum atomic E-state index is -3.46. The van der Waals surface area contributed by atoms with Crippen LogP contribution in [0.4, 0.5) is 5.69 Å². The Kier molecular flexibility index (Phi) is 6.25. The second-order valence-corrected chi connectivity index (χ2v) is 9.91. The third-order valence-electron chi connectivity index (χ3n) is 4.10. The first-order valence-corrected chi connectivity index (χ1v) is 11.0. The van der Waals surface area contributed by atoms with Crippen LogP contribution in [0.25, 0.3) is 0 Å². The summed E-state index contributed by atoms with van der Waals surface area (Å²) in [5, 5.41) is 0.738. The number of benzene rings is 1. The molecule has 2 aromatic rings. The Morgan fingerprint density at radius 2 is 1.68 bits per heavy atom. The molecular weight excluding hydrogens is 401 g/mol. The van der Waals surface area contributed by atoms with Gasteiger partial charge in [-0.3, -0.25) is 4.90 Å². The van der Waals surface area contributed by atoms with E-state index in [0.717, 1.165) is 42.5 Å². The van der Waals surface area contributed by atoms with Crippen molar-refractivity contribution in [1.82, 2.24) is 9.62 Å². The summed E-state index contributed by atoms with van der Waals surface area (Å²) in [4.78, 5) is 4.57. The van der Waals surface area contributed by atoms with Crippen LogP contribution in [0.3, 0.4) is 0 Å². The third kappa shape index (κ3) is 5.09. The van der Waals surface area contributed by atoms with Crippen LogP contribution in [-0.4, -0.2) is 52.6 Å². The van der Waals surface area contributed by atoms with E-state index in [0.29, 0.717) is 17.4 Å². The van der Waals surface area contributed by atoms with Crippen molar-refractivity contribution in [2.75, 3.05) is 44.2 Å². The third-order valence-corrected chi connectivity index (χ3v) is 7.53. The lowest BCUT2D eigenvalue weighted by Crippen LogP contribution is -2.48. The van der Waals surface area contributed by atoms with Gasteiger partial charge in [-0.1, -0.05) is 23.2 Å². The van der Waals surface area contributed by atoms with E-state index in [4.69, 9.17) is 23.2 Å². The monoisotopic (exact) mass is 419 g/mol. The van der Waals surface area contributed by atoms with E-state index in [-0.39, 0.29) is 4.21 Å². The number of hydrogen-bond acceptors (Lipinski definition) is 5. The first kappa shape index (κ1) is 18.9. The molecule has 0 atom stereocenters. The summed E-state index contributed by atoms with van der Waals surface area (Å²) >= 11 is 12.8. The molecule has 0 radical (unpaired) electrons. The zero-order valence-electron chi connectivity index (χ0n) is 13.5. The summed E-state index contributed by atoms with van der Waals surface area (Å²) in [6.45, 7) is 4.69. The van der Waals surface area contributed by atoms with E-state index in [1.807, 2.05) is 24.3 Å². The SMILES string of the molecule is O=S(=O)(NCCN1CCN(c2ccc(Cl)cc2)CC1)c1ccc(Cl)s1. The Balaban J connectivity index is 1.44. The van der Waals surface area contributed by atoms with E-state index in [1.54, 1.807) is 6.07 Å². The van der Waals surface area contributed by atoms with Gasteiger partial charge in [0.1, 0.15) is 4.21 Å². The number of nitrogens with one attached hydrogen (secondary N) is 1. The highest BCUT2D eigenvalue weighted by Crippen LogP contribution is 2.25. The van der Waals surface area contributed by atoms with Gasteiger partial charge < -0.3 is 4.90 Å². The molecule has 5 nitrogen and oxygen atoms in total. The van der Waals surface area contributed by atoms with Crippen LogP contribution in [0.5, 0.6) is 0 Å². The molecule has 1 fully saturated rings. The maximum Gasteiger partial charge on any atom is 0.250 e. The number of piperazine rings is 1. The zero-order valence-corrected chi connectivity index (χ0v) is 16.6. The van der Waals surface area contributed by atoms with Crippen molar-refractivity contribution < 1.29 is 8.42 Å². The highest BCUT2D eigenvalue weighted by molar-refractivity contribution is 7.91. The Bertz CT molecular complexity index is 801. The summed E-state index contributed by atoms with van der Waals surface area (Å²) in [5.74, 6) is 0. The molecule has 0 spiro atoms. The number of sulfonamides is 1. The molecule has 9 heteroatoms. The standard InChI is InChI=1S/C16H19Cl2N3O2S2/c17-13-1-3-14(4-2-13)21-11-9-20(10-12-21)8-7-19-25(22,23)16-6-5-15(18)24-16/h1-6,19H,7-12H2. The highest BCUT2D eigenvalue weighted by Gasteiger charge is 2.19. The lowest BCUT2D eigenvalue weighted by molar-refractivity contribution is 0.262. The molecule has 1 aromatic carbocycles. The second-order valence-electron chi connectivity index (χ2n) is 5.76. The largest absolute Gasteiger partial charge is 0.369 e. The van der Waals surface area contributed by atoms with Crippen molar-refractivity contribution in [2.45, 2.75) is 4.21 Å². The van der Waals surface area contributed by atoms with Gasteiger partial charge in [0.05, 0.1) is 4.34 Å². The van der Waals surface area contributed by atoms with Gasteiger partial charge in [-0.15, -0.1) is 11.3 Å². The summed E-state index contributed by atoms with van der Waals surface area (Å²) < 4.78 is 27.7. The predicted octanol–water partition coefficient (Wildman–Crippen LogP) is 3.16. The molecule has 0 unspecified atom stereocenters. The quantitative estimate of drug-likeness (QED) is 0.780. The van der Waals surface area contributed by atoms with Crippen molar-refractivity contribution in [3.8, 4) is 0 Å². The average molecular weight is 420 g/mol. The van der Waals surface area contributed by atoms with Crippen LogP contribution >= 0.6 is 34.5 Å². The molecule has 1 aliphatic rings. The number of thiophene rings is 1. The summed E-state index contributed by atoms with van der Waals surface area (Å²) in [7, 11) is -3.46. The normalized spacial score (nSPS) is 16.3. The van der Waals surface area contributed by atoms with Crippen LogP contribution in [-0.2, 0) is 10.0 Å². The molecule has 1 N–H and O–H groups in total. The van der Waals surface area contributed by atoms with E-state index < -0.39 is 10.0 Å². The molecule has 0 aliphatic carbocycles. The fourth-order valence-electron chi connectivity index (χ4n) is 2.73. The summed E-state index contributed by atoms with van der Waals surface area (Å²) in [5.41, 5.74) is 1.17. The lowest BCUT2D eigenvalue weighted by atomic mass is 10.2. The smallest absolute Gasteiger partial charge is 0.250 e. The van der Waals surface area contributed by atoms with Gasteiger partial charge in [0.25, 0.3) is 0 Å². The Morgan fingerprint density at radius 1 is 1.00 bits per heavy atom. The van der Waals surface area contributed by atoms with E-state index in [1.165, 1.54) is 11.8 Å². The number of rotatable bonds is 6. The topological polar surface area (TPSA) is 52.7 Å². The van der Waals surface area contributed by atoms with Gasteiger partial charge in [0.2, 0.25) is 10.0 Å². The van der Waals surface area contributed by atoms with E-state index in [2.05, 4.69) is 14.5 Å². The van der Waals surface area contributed by atoms with Gasteiger partial charge in [-0.25, -0.2) is 13.1 Å². The van der Waals surface area contributed by atoms with Crippen molar-refractivity contribution in [3.63, 3.8) is 0 Å². The van der Waals surface area contributed by atoms with Gasteiger partial charge in [-0.05, 0) is 36.4 Å². The fraction of sp³-hybridized carbons (Fsp3) is 0.375. The van der Waals surface area contributed by atoms with Crippen molar-refractivity contribution in [1.29, 1.82) is 0 Å². The lowest BCUT2D eigenvalue weighted by Gasteiger charge is -2.36. The zero-order chi connectivity index (χ0) is 17.9. The molecule has 136 valence electrons. The molecular formula is C16H19Cl2N3O2S2. The highest BCUT2D eigenvalue weighted by atomic mass is 35.5. The molecule has 0 saturated carbocycles. The molecule has 25 heavy (non-hydrogen) atoms. The fourth-order valence-corrected chi connectivity index (χ4v) is 5.41. The van der Waals surface area contributed by atoms with E-state index in [9.17, 15) is 8.42 Å². The van der Waals surface area contributed by atoms with Crippen LogP contribution < -0.4 is 9.62 Å². The predicted molar refractivity (Wildman–Crippen MR) is 105 cm³/mol. The Labute approximate surface area is 162 Å². The summed E-state index contributed by atoms with van der Waals surface area (Å²) in [6.07, 6.45) is 0. The molecule has 1 saturated heterocycles. The van der Waals surface area contributed by atoms with Crippen LogP contribution in [0.2, 0.25) is 9.36 Å². The maximum absolute atomic E-state index is 12.2. The molecule has 3 rings (SSSR count). The first-order chi connectivity index (χ1) is 11.9. The summed E-state index contributed by atoms with van der Waals surface area (Å²) in [6, 6.07) is 11.0. The maximum atomic E-state index is 12.2. The number of halogens is 2. The Hall–Kier alpha value is -0.830. The van der Waals surface area contributed by atoms with Gasteiger partial charge in [0, 0.05) is 50.0 Å². The number of hydrogen-bond donors (Lipinski definition) is 1.